The standard InChI is InChI=1S/C22H19ClN6O/c1-3-14-6-16-11-25-22(28-21(16)20(23)7-14)27-18-8-15(17-12-26-29(2)13-17)9-19(10-18)30-5-4-24/h1,6-13H,4-5,24H2,2H3,(H,25,27,28). The summed E-state index contributed by atoms with van der Waals surface area (Å²) in [5.41, 5.74) is 9.55. The normalized spacial score (nSPS) is 10.7. The summed E-state index contributed by atoms with van der Waals surface area (Å²) >= 11 is 6.35. The summed E-state index contributed by atoms with van der Waals surface area (Å²) in [6, 6.07) is 9.32. The number of nitrogens with zero attached hydrogens (tertiary/aromatic N) is 4. The molecule has 150 valence electrons. The fourth-order valence-electron chi connectivity index (χ4n) is 3.04. The van der Waals surface area contributed by atoms with E-state index in [1.165, 1.54) is 0 Å². The highest BCUT2D eigenvalue weighted by Gasteiger charge is 2.10. The van der Waals surface area contributed by atoms with Crippen molar-refractivity contribution >= 4 is 34.1 Å². The van der Waals surface area contributed by atoms with Crippen LogP contribution in [0.15, 0.2) is 48.9 Å². The molecule has 2 aromatic carbocycles. The number of ether oxygens (including phenoxy) is 1. The largest absolute Gasteiger partial charge is 0.492 e. The number of aromatic nitrogens is 4. The number of rotatable bonds is 6. The Morgan fingerprint density at radius 3 is 2.80 bits per heavy atom. The van der Waals surface area contributed by atoms with Gasteiger partial charge in [-0.2, -0.15) is 5.10 Å². The van der Waals surface area contributed by atoms with E-state index >= 15 is 0 Å². The van der Waals surface area contributed by atoms with Crippen molar-refractivity contribution in [2.45, 2.75) is 0 Å². The zero-order valence-electron chi connectivity index (χ0n) is 16.3. The van der Waals surface area contributed by atoms with Crippen molar-refractivity contribution in [3.8, 4) is 29.2 Å². The summed E-state index contributed by atoms with van der Waals surface area (Å²) in [6.07, 6.45) is 10.9. The Morgan fingerprint density at radius 1 is 1.20 bits per heavy atom. The summed E-state index contributed by atoms with van der Waals surface area (Å²) in [5.74, 6) is 3.67. The van der Waals surface area contributed by atoms with Crippen LogP contribution in [-0.2, 0) is 7.05 Å². The molecule has 7 nitrogen and oxygen atoms in total. The molecule has 0 atom stereocenters. The molecular formula is C22H19ClN6O. The van der Waals surface area contributed by atoms with E-state index in [1.54, 1.807) is 23.1 Å². The topological polar surface area (TPSA) is 90.9 Å². The number of terminal acetylenes is 1. The minimum Gasteiger partial charge on any atom is -0.492 e. The van der Waals surface area contributed by atoms with Gasteiger partial charge in [0.2, 0.25) is 5.95 Å². The highest BCUT2D eigenvalue weighted by molar-refractivity contribution is 6.35. The molecule has 2 heterocycles. The summed E-state index contributed by atoms with van der Waals surface area (Å²) in [5, 5.41) is 8.71. The maximum Gasteiger partial charge on any atom is 0.227 e. The summed E-state index contributed by atoms with van der Waals surface area (Å²) in [4.78, 5) is 8.93. The SMILES string of the molecule is C#Cc1cc(Cl)c2nc(Nc3cc(OCCN)cc(-c4cnn(C)c4)c3)ncc2c1. The van der Waals surface area contributed by atoms with E-state index in [0.717, 1.165) is 22.2 Å². The molecule has 0 fully saturated rings. The first-order valence-corrected chi connectivity index (χ1v) is 9.60. The Balaban J connectivity index is 1.71. The minimum atomic E-state index is 0.408. The quantitative estimate of drug-likeness (QED) is 0.463. The average molecular weight is 419 g/mol. The Hall–Kier alpha value is -3.60. The number of fused-ring (bicyclic) bond motifs is 1. The Labute approximate surface area is 178 Å². The van der Waals surface area contributed by atoms with E-state index < -0.39 is 0 Å². The zero-order chi connectivity index (χ0) is 21.1. The van der Waals surface area contributed by atoms with E-state index in [4.69, 9.17) is 28.5 Å². The van der Waals surface area contributed by atoms with Crippen molar-refractivity contribution in [2.75, 3.05) is 18.5 Å². The van der Waals surface area contributed by atoms with E-state index in [-0.39, 0.29) is 0 Å². The average Bonchev–Trinajstić information content (AvgIpc) is 3.19. The van der Waals surface area contributed by atoms with E-state index in [9.17, 15) is 0 Å². The van der Waals surface area contributed by atoms with Crippen LogP contribution in [0.2, 0.25) is 5.02 Å². The molecule has 4 aromatic rings. The lowest BCUT2D eigenvalue weighted by Crippen LogP contribution is -2.10. The van der Waals surface area contributed by atoms with Crippen LogP contribution in [-0.4, -0.2) is 32.9 Å². The summed E-state index contributed by atoms with van der Waals surface area (Å²) in [7, 11) is 1.87. The first-order valence-electron chi connectivity index (χ1n) is 9.22. The molecule has 8 heteroatoms. The number of benzene rings is 2. The van der Waals surface area contributed by atoms with Gasteiger partial charge in [0.25, 0.3) is 0 Å². The molecule has 0 bridgehead atoms. The van der Waals surface area contributed by atoms with Gasteiger partial charge in [0.1, 0.15) is 12.4 Å². The van der Waals surface area contributed by atoms with Crippen LogP contribution < -0.4 is 15.8 Å². The van der Waals surface area contributed by atoms with E-state index in [0.29, 0.717) is 41.0 Å². The van der Waals surface area contributed by atoms with Crippen LogP contribution in [0.4, 0.5) is 11.6 Å². The van der Waals surface area contributed by atoms with Crippen LogP contribution in [0.25, 0.3) is 22.0 Å². The molecule has 0 amide bonds. The molecule has 0 spiro atoms. The number of anilines is 2. The fourth-order valence-corrected chi connectivity index (χ4v) is 3.31. The number of hydrogen-bond acceptors (Lipinski definition) is 6. The minimum absolute atomic E-state index is 0.408. The van der Waals surface area contributed by atoms with Gasteiger partial charge in [0.05, 0.1) is 16.7 Å². The second-order valence-corrected chi connectivity index (χ2v) is 7.05. The van der Waals surface area contributed by atoms with Gasteiger partial charge < -0.3 is 15.8 Å². The van der Waals surface area contributed by atoms with Crippen LogP contribution in [0.3, 0.4) is 0 Å². The van der Waals surface area contributed by atoms with Gasteiger partial charge in [-0.15, -0.1) is 6.42 Å². The number of halogens is 1. The highest BCUT2D eigenvalue weighted by Crippen LogP contribution is 2.30. The fraction of sp³-hybridized carbons (Fsp3) is 0.136. The summed E-state index contributed by atoms with van der Waals surface area (Å²) < 4.78 is 7.49. The van der Waals surface area contributed by atoms with E-state index in [1.807, 2.05) is 37.5 Å². The van der Waals surface area contributed by atoms with Gasteiger partial charge in [-0.05, 0) is 29.8 Å². The van der Waals surface area contributed by atoms with Crippen molar-refractivity contribution in [3.05, 3.63) is 59.5 Å². The Kier molecular flexibility index (Phi) is 5.53. The predicted octanol–water partition coefficient (Wildman–Crippen LogP) is 3.75. The van der Waals surface area contributed by atoms with Gasteiger partial charge in [0, 0.05) is 54.3 Å². The lowest BCUT2D eigenvalue weighted by Gasteiger charge is -2.12. The summed E-state index contributed by atoms with van der Waals surface area (Å²) in [6.45, 7) is 0.835. The second kappa shape index (κ2) is 8.41. The van der Waals surface area contributed by atoms with Gasteiger partial charge in [-0.1, -0.05) is 17.5 Å². The Bertz CT molecular complexity index is 1260. The third kappa shape index (κ3) is 4.20. The number of aryl methyl sites for hydroxylation is 1. The highest BCUT2D eigenvalue weighted by atomic mass is 35.5. The molecule has 0 saturated heterocycles. The molecule has 0 aliphatic heterocycles. The second-order valence-electron chi connectivity index (χ2n) is 6.64. The smallest absolute Gasteiger partial charge is 0.227 e. The van der Waals surface area contributed by atoms with Crippen molar-refractivity contribution in [3.63, 3.8) is 0 Å². The number of nitrogens with one attached hydrogen (secondary N) is 1. The molecule has 0 radical (unpaired) electrons. The third-order valence-electron chi connectivity index (χ3n) is 4.39. The lowest BCUT2D eigenvalue weighted by molar-refractivity contribution is 0.328. The molecule has 4 rings (SSSR count). The molecular weight excluding hydrogens is 400 g/mol. The lowest BCUT2D eigenvalue weighted by atomic mass is 10.1. The molecule has 0 aliphatic carbocycles. The monoisotopic (exact) mass is 418 g/mol. The van der Waals surface area contributed by atoms with Gasteiger partial charge in [-0.3, -0.25) is 4.68 Å². The van der Waals surface area contributed by atoms with Gasteiger partial charge in [-0.25, -0.2) is 9.97 Å². The maximum atomic E-state index is 6.35. The number of nitrogens with two attached hydrogens (primary N) is 1. The van der Waals surface area contributed by atoms with Crippen molar-refractivity contribution in [1.29, 1.82) is 0 Å². The van der Waals surface area contributed by atoms with Crippen molar-refractivity contribution in [2.24, 2.45) is 12.8 Å². The van der Waals surface area contributed by atoms with Crippen molar-refractivity contribution < 1.29 is 4.74 Å². The number of hydrogen-bond donors (Lipinski definition) is 2. The van der Waals surface area contributed by atoms with Crippen LogP contribution in [0.1, 0.15) is 5.56 Å². The predicted molar refractivity (Wildman–Crippen MR) is 119 cm³/mol. The molecule has 0 aliphatic rings. The third-order valence-corrected chi connectivity index (χ3v) is 4.68. The molecule has 3 N–H and O–H groups in total. The molecule has 30 heavy (non-hydrogen) atoms. The van der Waals surface area contributed by atoms with E-state index in [2.05, 4.69) is 26.3 Å². The zero-order valence-corrected chi connectivity index (χ0v) is 17.0. The van der Waals surface area contributed by atoms with Gasteiger partial charge >= 0.3 is 0 Å². The molecule has 2 aromatic heterocycles. The molecule has 0 unspecified atom stereocenters. The maximum absolute atomic E-state index is 6.35. The first-order chi connectivity index (χ1) is 14.6. The molecule has 0 saturated carbocycles. The Morgan fingerprint density at radius 2 is 2.07 bits per heavy atom. The van der Waals surface area contributed by atoms with Crippen LogP contribution >= 0.6 is 11.6 Å². The van der Waals surface area contributed by atoms with Gasteiger partial charge in [0.15, 0.2) is 0 Å². The van der Waals surface area contributed by atoms with Crippen molar-refractivity contribution in [1.82, 2.24) is 19.7 Å². The first kappa shape index (κ1) is 19.7. The van der Waals surface area contributed by atoms with Crippen LogP contribution in [0.5, 0.6) is 5.75 Å². The van der Waals surface area contributed by atoms with Crippen LogP contribution in [0, 0.1) is 12.3 Å².